The van der Waals surface area contributed by atoms with Crippen molar-refractivity contribution >= 4 is 32.7 Å². The molecule has 4 nitrogen and oxygen atoms in total. The van der Waals surface area contributed by atoms with Gasteiger partial charge >= 0.3 is 0 Å². The van der Waals surface area contributed by atoms with E-state index >= 15 is 0 Å². The highest BCUT2D eigenvalue weighted by molar-refractivity contribution is 6.12. The summed E-state index contributed by atoms with van der Waals surface area (Å²) in [5.41, 5.74) is 11.3. The lowest BCUT2D eigenvalue weighted by atomic mass is 9.67. The zero-order valence-electron chi connectivity index (χ0n) is 29.1. The number of aromatic nitrogens is 3. The summed E-state index contributed by atoms with van der Waals surface area (Å²) in [5.74, 6) is 1.85. The van der Waals surface area contributed by atoms with Crippen LogP contribution in [-0.2, 0) is 5.41 Å². The molecule has 1 aliphatic rings. The minimum absolute atomic E-state index is 0.571. The predicted octanol–water partition coefficient (Wildman–Crippen LogP) is 12.3. The number of fused-ring (bicyclic) bond motifs is 8. The second-order valence-electron chi connectivity index (χ2n) is 13.9. The van der Waals surface area contributed by atoms with E-state index in [1.54, 1.807) is 0 Å². The fourth-order valence-corrected chi connectivity index (χ4v) is 8.70. The smallest absolute Gasteiger partial charge is 0.164 e. The fraction of sp³-hybridized carbons (Fsp3) is 0.0200. The van der Waals surface area contributed by atoms with Gasteiger partial charge < -0.3 is 4.42 Å². The van der Waals surface area contributed by atoms with Crippen LogP contribution in [0, 0.1) is 0 Å². The summed E-state index contributed by atoms with van der Waals surface area (Å²) in [6.45, 7) is 0. The first kappa shape index (κ1) is 30.5. The van der Waals surface area contributed by atoms with Gasteiger partial charge in [-0.25, -0.2) is 15.0 Å². The van der Waals surface area contributed by atoms with Gasteiger partial charge in [0.2, 0.25) is 0 Å². The molecule has 0 aliphatic heterocycles. The average Bonchev–Trinajstić information content (AvgIpc) is 3.78. The molecule has 11 rings (SSSR count). The third-order valence-electron chi connectivity index (χ3n) is 11.0. The Morgan fingerprint density at radius 2 is 1.02 bits per heavy atom. The molecule has 0 spiro atoms. The Labute approximate surface area is 312 Å². The molecule has 1 aliphatic carbocycles. The molecule has 8 aromatic carbocycles. The molecular formula is C50H31N3O. The van der Waals surface area contributed by atoms with Gasteiger partial charge in [0.05, 0.1) is 5.41 Å². The maximum atomic E-state index is 6.63. The standard InChI is InChI=1S/C50H31N3O/c1-4-16-33(17-5-1)47-51-48(34-18-6-2-7-19-34)53-49(52-47)39-24-14-26-44-46(39)40-31-36(28-30-43(40)54-44)50(35-20-8-3-9-21-35)41-25-13-12-23-38(41)45-37-22-11-10-15-32(37)27-29-42(45)50/h1-31H. The molecular weight excluding hydrogens is 659 g/mol. The summed E-state index contributed by atoms with van der Waals surface area (Å²) in [6.07, 6.45) is 0. The van der Waals surface area contributed by atoms with Crippen LogP contribution in [0.25, 0.3) is 78.0 Å². The Kier molecular flexibility index (Phi) is 6.73. The topological polar surface area (TPSA) is 51.8 Å². The molecule has 0 N–H and O–H groups in total. The van der Waals surface area contributed by atoms with Gasteiger partial charge in [-0.15, -0.1) is 0 Å². The Morgan fingerprint density at radius 1 is 0.389 bits per heavy atom. The average molecular weight is 690 g/mol. The lowest BCUT2D eigenvalue weighted by molar-refractivity contribution is 0.668. The second-order valence-corrected chi connectivity index (χ2v) is 13.9. The van der Waals surface area contributed by atoms with Crippen LogP contribution in [0.1, 0.15) is 22.3 Å². The number of benzene rings is 8. The van der Waals surface area contributed by atoms with E-state index in [-0.39, 0.29) is 0 Å². The molecule has 252 valence electrons. The van der Waals surface area contributed by atoms with Crippen molar-refractivity contribution in [2.45, 2.75) is 5.41 Å². The highest BCUT2D eigenvalue weighted by Gasteiger charge is 2.46. The molecule has 0 amide bonds. The van der Waals surface area contributed by atoms with E-state index in [9.17, 15) is 0 Å². The monoisotopic (exact) mass is 689 g/mol. The van der Waals surface area contributed by atoms with Crippen LogP contribution in [0.15, 0.2) is 192 Å². The van der Waals surface area contributed by atoms with E-state index in [2.05, 4.69) is 115 Å². The van der Waals surface area contributed by atoms with E-state index in [4.69, 9.17) is 19.4 Å². The van der Waals surface area contributed by atoms with Crippen LogP contribution in [0.5, 0.6) is 0 Å². The molecule has 2 heterocycles. The van der Waals surface area contributed by atoms with Gasteiger partial charge in [0.15, 0.2) is 17.5 Å². The van der Waals surface area contributed by atoms with E-state index in [1.165, 1.54) is 44.2 Å². The molecule has 4 heteroatoms. The van der Waals surface area contributed by atoms with Gasteiger partial charge in [0.1, 0.15) is 11.2 Å². The Bertz CT molecular complexity index is 2990. The van der Waals surface area contributed by atoms with E-state index in [0.29, 0.717) is 17.5 Å². The number of hydrogen-bond acceptors (Lipinski definition) is 4. The molecule has 54 heavy (non-hydrogen) atoms. The molecule has 0 saturated carbocycles. The molecule has 2 aromatic heterocycles. The SMILES string of the molecule is c1ccc(-c2nc(-c3ccccc3)nc(-c3cccc4oc5ccc(C6(c7ccccc7)c7ccccc7-c7c6ccc6ccccc76)cc5c34)n2)cc1. The summed E-state index contributed by atoms with van der Waals surface area (Å²) in [4.78, 5) is 15.2. The molecule has 0 bridgehead atoms. The molecule has 0 saturated heterocycles. The lowest BCUT2D eigenvalue weighted by Gasteiger charge is -2.34. The van der Waals surface area contributed by atoms with E-state index < -0.39 is 5.41 Å². The first-order valence-electron chi connectivity index (χ1n) is 18.3. The quantitative estimate of drug-likeness (QED) is 0.180. The summed E-state index contributed by atoms with van der Waals surface area (Å²) in [7, 11) is 0. The van der Waals surface area contributed by atoms with E-state index in [1.807, 2.05) is 72.8 Å². The number of furan rings is 1. The predicted molar refractivity (Wildman–Crippen MR) is 218 cm³/mol. The van der Waals surface area contributed by atoms with Crippen LogP contribution in [0.2, 0.25) is 0 Å². The summed E-state index contributed by atoms with van der Waals surface area (Å²) in [5, 5.41) is 4.49. The van der Waals surface area contributed by atoms with Crippen molar-refractivity contribution in [2.24, 2.45) is 0 Å². The van der Waals surface area contributed by atoms with Gasteiger partial charge in [-0.3, -0.25) is 0 Å². The lowest BCUT2D eigenvalue weighted by Crippen LogP contribution is -2.28. The maximum absolute atomic E-state index is 6.63. The largest absolute Gasteiger partial charge is 0.456 e. The van der Waals surface area contributed by atoms with E-state index in [0.717, 1.165) is 38.6 Å². The highest BCUT2D eigenvalue weighted by atomic mass is 16.3. The van der Waals surface area contributed by atoms with Gasteiger partial charge in [0, 0.05) is 27.5 Å². The first-order chi connectivity index (χ1) is 26.8. The Morgan fingerprint density at radius 3 is 1.78 bits per heavy atom. The minimum Gasteiger partial charge on any atom is -0.456 e. The van der Waals surface area contributed by atoms with Crippen LogP contribution < -0.4 is 0 Å². The van der Waals surface area contributed by atoms with Crippen LogP contribution in [0.3, 0.4) is 0 Å². The fourth-order valence-electron chi connectivity index (χ4n) is 8.70. The van der Waals surface area contributed by atoms with Gasteiger partial charge in [0.25, 0.3) is 0 Å². The van der Waals surface area contributed by atoms with Crippen molar-refractivity contribution < 1.29 is 4.42 Å². The Balaban J connectivity index is 1.21. The summed E-state index contributed by atoms with van der Waals surface area (Å²) >= 11 is 0. The van der Waals surface area contributed by atoms with Crippen LogP contribution in [0.4, 0.5) is 0 Å². The van der Waals surface area contributed by atoms with Crippen molar-refractivity contribution in [3.05, 3.63) is 210 Å². The molecule has 1 atom stereocenters. The highest BCUT2D eigenvalue weighted by Crippen LogP contribution is 2.58. The molecule has 1 unspecified atom stereocenters. The Hall–Kier alpha value is -7.17. The normalized spacial score (nSPS) is 14.7. The summed E-state index contributed by atoms with van der Waals surface area (Å²) < 4.78 is 6.63. The van der Waals surface area contributed by atoms with Crippen molar-refractivity contribution in [2.75, 3.05) is 0 Å². The van der Waals surface area contributed by atoms with Crippen molar-refractivity contribution in [1.29, 1.82) is 0 Å². The molecule has 10 aromatic rings. The van der Waals surface area contributed by atoms with Gasteiger partial charge in [-0.05, 0) is 62.4 Å². The van der Waals surface area contributed by atoms with Crippen LogP contribution >= 0.6 is 0 Å². The molecule has 0 fully saturated rings. The van der Waals surface area contributed by atoms with Crippen LogP contribution in [-0.4, -0.2) is 15.0 Å². The van der Waals surface area contributed by atoms with Crippen molar-refractivity contribution in [3.63, 3.8) is 0 Å². The first-order valence-corrected chi connectivity index (χ1v) is 18.3. The second kappa shape index (κ2) is 11.9. The molecule has 0 radical (unpaired) electrons. The zero-order chi connectivity index (χ0) is 35.6. The number of nitrogens with zero attached hydrogens (tertiary/aromatic N) is 3. The minimum atomic E-state index is -0.571. The summed E-state index contributed by atoms with van der Waals surface area (Å²) in [6, 6.07) is 66.3. The maximum Gasteiger partial charge on any atom is 0.164 e. The zero-order valence-corrected chi connectivity index (χ0v) is 29.1. The number of rotatable bonds is 5. The van der Waals surface area contributed by atoms with Gasteiger partial charge in [-0.2, -0.15) is 0 Å². The van der Waals surface area contributed by atoms with Crippen molar-refractivity contribution in [1.82, 2.24) is 15.0 Å². The van der Waals surface area contributed by atoms with Gasteiger partial charge in [-0.1, -0.05) is 170 Å². The third kappa shape index (κ3) is 4.47. The van der Waals surface area contributed by atoms with Crippen molar-refractivity contribution in [3.8, 4) is 45.3 Å². The third-order valence-corrected chi connectivity index (χ3v) is 11.0. The number of hydrogen-bond donors (Lipinski definition) is 0.